The first-order valence-electron chi connectivity index (χ1n) is 8.03. The molecule has 138 valence electrons. The van der Waals surface area contributed by atoms with Gasteiger partial charge >= 0.3 is 6.18 Å². The Hall–Kier alpha value is -2.28. The first-order valence-corrected chi connectivity index (χ1v) is 8.03. The minimum atomic E-state index is -4.35. The van der Waals surface area contributed by atoms with Crippen molar-refractivity contribution in [2.45, 2.75) is 26.4 Å². The monoisotopic (exact) mass is 355 g/mol. The quantitative estimate of drug-likeness (QED) is 0.408. The van der Waals surface area contributed by atoms with Crippen LogP contribution in [-0.2, 0) is 10.9 Å². The molecule has 4 nitrogen and oxygen atoms in total. The molecule has 0 heterocycles. The predicted molar refractivity (Wildman–Crippen MR) is 95.6 cm³/mol. The van der Waals surface area contributed by atoms with Crippen LogP contribution in [0.5, 0.6) is 0 Å². The molecule has 0 saturated heterocycles. The van der Waals surface area contributed by atoms with Crippen molar-refractivity contribution in [3.63, 3.8) is 0 Å². The van der Waals surface area contributed by atoms with Crippen molar-refractivity contribution in [2.75, 3.05) is 25.5 Å². The van der Waals surface area contributed by atoms with Gasteiger partial charge in [-0.25, -0.2) is 4.99 Å². The maximum absolute atomic E-state index is 12.7. The molecule has 0 aliphatic heterocycles. The Bertz CT molecular complexity index is 605. The summed E-state index contributed by atoms with van der Waals surface area (Å²) < 4.78 is 43.7. The van der Waals surface area contributed by atoms with Crippen LogP contribution in [0.3, 0.4) is 0 Å². The van der Waals surface area contributed by atoms with Gasteiger partial charge in [-0.05, 0) is 44.7 Å². The lowest BCUT2D eigenvalue weighted by atomic mass is 10.2. The SMILES string of the molecule is C\C=C/N=C(OCCNC)/C(=C/CC)Nc1ccc(C(F)(F)F)cc1. The summed E-state index contributed by atoms with van der Waals surface area (Å²) in [5.74, 6) is 0.384. The normalized spacial score (nSPS) is 13.4. The minimum Gasteiger partial charge on any atom is -0.475 e. The van der Waals surface area contributed by atoms with E-state index in [0.717, 1.165) is 12.1 Å². The van der Waals surface area contributed by atoms with Gasteiger partial charge in [0.25, 0.3) is 0 Å². The molecule has 0 fully saturated rings. The number of likely N-dealkylation sites (N-methyl/N-ethyl adjacent to an activating group) is 1. The van der Waals surface area contributed by atoms with E-state index in [-0.39, 0.29) is 0 Å². The standard InChI is InChI=1S/C18H24F3N3O/c1-4-6-16(17(23-11-5-2)25-13-12-22-3)24-15-9-7-14(8-10-15)18(19,20)21/h5-11,22,24H,4,12-13H2,1-3H3/b11-5-,16-6-,23-17-. The number of hydrogen-bond donors (Lipinski definition) is 2. The summed E-state index contributed by atoms with van der Waals surface area (Å²) in [6.07, 6.45) is 1.61. The molecule has 0 aliphatic carbocycles. The number of alkyl halides is 3. The second-order valence-corrected chi connectivity index (χ2v) is 5.09. The summed E-state index contributed by atoms with van der Waals surface area (Å²) in [7, 11) is 1.81. The smallest absolute Gasteiger partial charge is 0.416 e. The number of ether oxygens (including phenoxy) is 1. The fourth-order valence-electron chi connectivity index (χ4n) is 1.87. The van der Waals surface area contributed by atoms with E-state index in [9.17, 15) is 13.2 Å². The van der Waals surface area contributed by atoms with Crippen LogP contribution >= 0.6 is 0 Å². The van der Waals surface area contributed by atoms with Crippen molar-refractivity contribution < 1.29 is 17.9 Å². The molecule has 0 atom stereocenters. The van der Waals surface area contributed by atoms with Gasteiger partial charge in [0.15, 0.2) is 0 Å². The van der Waals surface area contributed by atoms with E-state index in [0.29, 0.717) is 36.9 Å². The lowest BCUT2D eigenvalue weighted by Gasteiger charge is -2.15. The van der Waals surface area contributed by atoms with Crippen LogP contribution in [0.2, 0.25) is 0 Å². The van der Waals surface area contributed by atoms with Crippen molar-refractivity contribution in [3.05, 3.63) is 53.9 Å². The van der Waals surface area contributed by atoms with Crippen molar-refractivity contribution >= 4 is 11.6 Å². The van der Waals surface area contributed by atoms with Crippen molar-refractivity contribution in [1.29, 1.82) is 0 Å². The maximum Gasteiger partial charge on any atom is 0.416 e. The number of anilines is 1. The van der Waals surface area contributed by atoms with Gasteiger partial charge < -0.3 is 15.4 Å². The van der Waals surface area contributed by atoms with Crippen molar-refractivity contribution in [1.82, 2.24) is 5.32 Å². The largest absolute Gasteiger partial charge is 0.475 e. The van der Waals surface area contributed by atoms with E-state index in [2.05, 4.69) is 15.6 Å². The third-order valence-electron chi connectivity index (χ3n) is 3.06. The Labute approximate surface area is 146 Å². The Morgan fingerprint density at radius 3 is 2.44 bits per heavy atom. The third-order valence-corrected chi connectivity index (χ3v) is 3.06. The number of allylic oxidation sites excluding steroid dienone is 2. The fourth-order valence-corrected chi connectivity index (χ4v) is 1.87. The van der Waals surface area contributed by atoms with E-state index in [1.807, 2.05) is 27.0 Å². The molecule has 25 heavy (non-hydrogen) atoms. The number of hydrogen-bond acceptors (Lipinski definition) is 4. The summed E-state index contributed by atoms with van der Waals surface area (Å²) in [5.41, 5.74) is 0.446. The number of benzene rings is 1. The lowest BCUT2D eigenvalue weighted by Crippen LogP contribution is -2.21. The Morgan fingerprint density at radius 1 is 1.24 bits per heavy atom. The topological polar surface area (TPSA) is 45.6 Å². The number of halogens is 3. The van der Waals surface area contributed by atoms with E-state index in [4.69, 9.17) is 4.74 Å². The highest BCUT2D eigenvalue weighted by Crippen LogP contribution is 2.30. The molecule has 2 N–H and O–H groups in total. The van der Waals surface area contributed by atoms with Crippen LogP contribution in [0.15, 0.2) is 53.3 Å². The van der Waals surface area contributed by atoms with Gasteiger partial charge in [-0.1, -0.05) is 19.1 Å². The zero-order valence-electron chi connectivity index (χ0n) is 14.7. The molecule has 1 aromatic rings. The van der Waals surface area contributed by atoms with Crippen LogP contribution in [0.25, 0.3) is 0 Å². The molecule has 0 saturated carbocycles. The first-order chi connectivity index (χ1) is 11.9. The zero-order valence-corrected chi connectivity index (χ0v) is 14.7. The minimum absolute atomic E-state index is 0.384. The van der Waals surface area contributed by atoms with Gasteiger partial charge in [0.2, 0.25) is 5.90 Å². The van der Waals surface area contributed by atoms with Crippen molar-refractivity contribution in [3.8, 4) is 0 Å². The average Bonchev–Trinajstić information content (AvgIpc) is 2.57. The molecular formula is C18H24F3N3O. The first kappa shape index (κ1) is 20.8. The molecule has 1 rings (SSSR count). The molecule has 7 heteroatoms. The highest BCUT2D eigenvalue weighted by atomic mass is 19.4. The van der Waals surface area contributed by atoms with Crippen molar-refractivity contribution in [2.24, 2.45) is 4.99 Å². The van der Waals surface area contributed by atoms with Crippen LogP contribution in [0.4, 0.5) is 18.9 Å². The van der Waals surface area contributed by atoms with Crippen LogP contribution in [0, 0.1) is 0 Å². The number of aliphatic imine (C=N–C) groups is 1. The van der Waals surface area contributed by atoms with E-state index in [1.165, 1.54) is 12.1 Å². The summed E-state index contributed by atoms with van der Waals surface area (Å²) in [4.78, 5) is 4.26. The van der Waals surface area contributed by atoms with Gasteiger partial charge in [0, 0.05) is 18.4 Å². The summed E-state index contributed by atoms with van der Waals surface area (Å²) in [5, 5.41) is 6.05. The lowest BCUT2D eigenvalue weighted by molar-refractivity contribution is -0.137. The molecule has 0 unspecified atom stereocenters. The Kier molecular flexibility index (Phi) is 8.77. The van der Waals surface area contributed by atoms with Crippen LogP contribution < -0.4 is 10.6 Å². The Balaban J connectivity index is 2.98. The van der Waals surface area contributed by atoms with Gasteiger partial charge in [0.05, 0.1) is 11.3 Å². The second-order valence-electron chi connectivity index (χ2n) is 5.09. The number of nitrogens with one attached hydrogen (secondary N) is 2. The predicted octanol–water partition coefficient (Wildman–Crippen LogP) is 4.58. The molecule has 1 aromatic carbocycles. The molecule has 0 aliphatic rings. The summed E-state index contributed by atoms with van der Waals surface area (Å²) in [6, 6.07) is 4.84. The second kappa shape index (κ2) is 10.6. The Morgan fingerprint density at radius 2 is 1.92 bits per heavy atom. The highest BCUT2D eigenvalue weighted by molar-refractivity contribution is 5.96. The fraction of sp³-hybridized carbons (Fsp3) is 0.389. The molecular weight excluding hydrogens is 331 g/mol. The van der Waals surface area contributed by atoms with E-state index in [1.54, 1.807) is 12.3 Å². The zero-order chi connectivity index (χ0) is 18.7. The summed E-state index contributed by atoms with van der Waals surface area (Å²) in [6.45, 7) is 4.85. The molecule has 0 spiro atoms. The summed E-state index contributed by atoms with van der Waals surface area (Å²) >= 11 is 0. The van der Waals surface area contributed by atoms with Crippen LogP contribution in [0.1, 0.15) is 25.8 Å². The van der Waals surface area contributed by atoms with Crippen LogP contribution in [-0.4, -0.2) is 26.1 Å². The molecule has 0 amide bonds. The number of nitrogens with zero attached hydrogens (tertiary/aromatic N) is 1. The maximum atomic E-state index is 12.7. The van der Waals surface area contributed by atoms with E-state index < -0.39 is 11.7 Å². The highest BCUT2D eigenvalue weighted by Gasteiger charge is 2.29. The molecule has 0 aromatic heterocycles. The van der Waals surface area contributed by atoms with Gasteiger partial charge in [-0.15, -0.1) is 0 Å². The molecule has 0 bridgehead atoms. The van der Waals surface area contributed by atoms with Gasteiger partial charge in [-0.3, -0.25) is 0 Å². The van der Waals surface area contributed by atoms with Gasteiger partial charge in [0.1, 0.15) is 6.61 Å². The average molecular weight is 355 g/mol. The van der Waals surface area contributed by atoms with Gasteiger partial charge in [-0.2, -0.15) is 13.2 Å². The molecule has 0 radical (unpaired) electrons. The van der Waals surface area contributed by atoms with E-state index >= 15 is 0 Å². The third kappa shape index (κ3) is 7.43. The number of rotatable bonds is 8.